The Morgan fingerprint density at radius 3 is 2.18 bits per heavy atom. The van der Waals surface area contributed by atoms with Crippen LogP contribution in [-0.2, 0) is 4.79 Å². The Hall–Kier alpha value is -0.370. The van der Waals surface area contributed by atoms with Crippen molar-refractivity contribution in [3.05, 3.63) is 0 Å². The highest BCUT2D eigenvalue weighted by Crippen LogP contribution is 2.47. The van der Waals surface area contributed by atoms with Crippen LogP contribution >= 0.6 is 0 Å². The van der Waals surface area contributed by atoms with Crippen molar-refractivity contribution >= 4 is 5.78 Å². The largest absolute Gasteiger partial charge is 0.395 e. The molecular weight excluding hydrogens is 212 g/mol. The number of carbonyl (C=O) groups excluding carboxylic acids is 1. The van der Waals surface area contributed by atoms with E-state index in [0.29, 0.717) is 5.78 Å². The highest BCUT2D eigenvalue weighted by atomic mass is 16.3. The van der Waals surface area contributed by atoms with Crippen molar-refractivity contribution in [2.24, 2.45) is 11.3 Å². The number of aliphatic hydroxyl groups is 1. The molecule has 3 saturated carbocycles. The van der Waals surface area contributed by atoms with Gasteiger partial charge in [0.2, 0.25) is 0 Å². The fourth-order valence-electron chi connectivity index (χ4n) is 3.56. The van der Waals surface area contributed by atoms with Gasteiger partial charge in [0, 0.05) is 5.92 Å². The highest BCUT2D eigenvalue weighted by molar-refractivity contribution is 5.93. The number of fused-ring (bicyclic) bond motifs is 9. The third-order valence-corrected chi connectivity index (χ3v) is 4.79. The monoisotopic (exact) mass is 238 g/mol. The van der Waals surface area contributed by atoms with Crippen molar-refractivity contribution in [2.75, 3.05) is 6.61 Å². The van der Waals surface area contributed by atoms with Gasteiger partial charge in [-0.05, 0) is 19.3 Å². The second kappa shape index (κ2) is 5.99. The van der Waals surface area contributed by atoms with Gasteiger partial charge >= 0.3 is 0 Å². The summed E-state index contributed by atoms with van der Waals surface area (Å²) >= 11 is 0. The van der Waals surface area contributed by atoms with Gasteiger partial charge in [-0.1, -0.05) is 51.4 Å². The Kier molecular flexibility index (Phi) is 4.61. The number of hydrogen-bond acceptors (Lipinski definition) is 2. The van der Waals surface area contributed by atoms with Crippen molar-refractivity contribution in [1.29, 1.82) is 0 Å². The molecule has 2 heteroatoms. The van der Waals surface area contributed by atoms with Crippen LogP contribution in [0.3, 0.4) is 0 Å². The lowest BCUT2D eigenvalue weighted by atomic mass is 9.58. The fourth-order valence-corrected chi connectivity index (χ4v) is 3.56. The third-order valence-electron chi connectivity index (χ3n) is 4.79. The van der Waals surface area contributed by atoms with E-state index < -0.39 is 0 Å². The van der Waals surface area contributed by atoms with Crippen molar-refractivity contribution in [2.45, 2.75) is 70.6 Å². The zero-order chi connectivity index (χ0) is 12.1. The molecule has 2 atom stereocenters. The molecule has 3 aliphatic rings. The minimum atomic E-state index is -0.321. The molecule has 2 nitrogen and oxygen atoms in total. The summed E-state index contributed by atoms with van der Waals surface area (Å²) in [5.74, 6) is 0.655. The summed E-state index contributed by atoms with van der Waals surface area (Å²) in [6.45, 7) is 0.0856. The average molecular weight is 238 g/mol. The maximum atomic E-state index is 12.2. The summed E-state index contributed by atoms with van der Waals surface area (Å²) in [4.78, 5) is 12.2. The van der Waals surface area contributed by atoms with E-state index in [1.54, 1.807) is 0 Å². The van der Waals surface area contributed by atoms with E-state index in [4.69, 9.17) is 0 Å². The molecule has 2 unspecified atom stereocenters. The molecule has 17 heavy (non-hydrogen) atoms. The first-order valence-electron chi connectivity index (χ1n) is 7.44. The van der Waals surface area contributed by atoms with Crippen molar-refractivity contribution < 1.29 is 9.90 Å². The van der Waals surface area contributed by atoms with Gasteiger partial charge in [0.15, 0.2) is 0 Å². The summed E-state index contributed by atoms with van der Waals surface area (Å²) in [5.41, 5.74) is -0.321. The first kappa shape index (κ1) is 13.1. The summed E-state index contributed by atoms with van der Waals surface area (Å²) in [5, 5.41) is 9.50. The Morgan fingerprint density at radius 1 is 1.00 bits per heavy atom. The number of aliphatic hydroxyl groups excluding tert-OH is 1. The maximum absolute atomic E-state index is 12.2. The number of ketones is 1. The minimum Gasteiger partial charge on any atom is -0.395 e. The molecule has 0 aromatic carbocycles. The maximum Gasteiger partial charge on any atom is 0.144 e. The number of carbonyl (C=O) groups is 1. The lowest BCUT2D eigenvalue weighted by Gasteiger charge is -2.45. The zero-order valence-electron chi connectivity index (χ0n) is 10.9. The second-order valence-electron chi connectivity index (χ2n) is 6.07. The molecule has 0 radical (unpaired) electrons. The van der Waals surface area contributed by atoms with E-state index in [9.17, 15) is 9.90 Å². The zero-order valence-corrected chi connectivity index (χ0v) is 10.9. The smallest absolute Gasteiger partial charge is 0.144 e. The molecule has 3 rings (SSSR count). The predicted octanol–water partition coefficient (Wildman–Crippen LogP) is 3.47. The lowest BCUT2D eigenvalue weighted by Crippen LogP contribution is -2.51. The first-order chi connectivity index (χ1) is 8.28. The van der Waals surface area contributed by atoms with Crippen molar-refractivity contribution in [3.63, 3.8) is 0 Å². The summed E-state index contributed by atoms with van der Waals surface area (Å²) in [6.07, 6.45) is 13.2. The summed E-state index contributed by atoms with van der Waals surface area (Å²) < 4.78 is 0. The molecular formula is C15H26O2. The van der Waals surface area contributed by atoms with Gasteiger partial charge < -0.3 is 5.11 Å². The molecule has 2 bridgehead atoms. The molecule has 0 spiro atoms. The van der Waals surface area contributed by atoms with E-state index in [1.807, 2.05) is 0 Å². The predicted molar refractivity (Wildman–Crippen MR) is 68.8 cm³/mol. The van der Waals surface area contributed by atoms with Crippen molar-refractivity contribution in [3.8, 4) is 0 Å². The van der Waals surface area contributed by atoms with Gasteiger partial charge in [-0.3, -0.25) is 4.79 Å². The molecule has 0 amide bonds. The quantitative estimate of drug-likeness (QED) is 0.759. The standard InChI is InChI=1S/C15H26O2/c16-12-15-10-8-6-4-2-1-3-5-7-9-13(11-15)14(15)17/h13,16H,1-12H2. The molecule has 0 aromatic heterocycles. The van der Waals surface area contributed by atoms with Crippen LogP contribution in [0.25, 0.3) is 0 Å². The van der Waals surface area contributed by atoms with Crippen LogP contribution < -0.4 is 0 Å². The minimum absolute atomic E-state index is 0.0856. The highest BCUT2D eigenvalue weighted by Gasteiger charge is 2.51. The number of Topliss-reactive ketones (excluding diaryl/α,β-unsaturated/α-hetero) is 1. The average Bonchev–Trinajstić information content (AvgIpc) is 2.38. The van der Waals surface area contributed by atoms with Crippen LogP contribution in [0.4, 0.5) is 0 Å². The Morgan fingerprint density at radius 2 is 1.59 bits per heavy atom. The lowest BCUT2D eigenvalue weighted by molar-refractivity contribution is -0.151. The van der Waals surface area contributed by atoms with Gasteiger partial charge in [0.1, 0.15) is 5.78 Å². The van der Waals surface area contributed by atoms with E-state index >= 15 is 0 Å². The number of rotatable bonds is 1. The van der Waals surface area contributed by atoms with E-state index in [-0.39, 0.29) is 17.9 Å². The van der Waals surface area contributed by atoms with Crippen LogP contribution in [0, 0.1) is 11.3 Å². The number of hydrogen-bond donors (Lipinski definition) is 1. The summed E-state index contributed by atoms with van der Waals surface area (Å²) in [7, 11) is 0. The van der Waals surface area contributed by atoms with Crippen LogP contribution in [0.5, 0.6) is 0 Å². The molecule has 0 aliphatic heterocycles. The van der Waals surface area contributed by atoms with Gasteiger partial charge in [0.25, 0.3) is 0 Å². The second-order valence-corrected chi connectivity index (χ2v) is 6.07. The summed E-state index contributed by atoms with van der Waals surface area (Å²) in [6, 6.07) is 0. The van der Waals surface area contributed by atoms with E-state index in [2.05, 4.69) is 0 Å². The van der Waals surface area contributed by atoms with Crippen LogP contribution in [-0.4, -0.2) is 17.5 Å². The topological polar surface area (TPSA) is 37.3 Å². The molecule has 3 fully saturated rings. The fraction of sp³-hybridized carbons (Fsp3) is 0.933. The van der Waals surface area contributed by atoms with Gasteiger partial charge in [-0.25, -0.2) is 0 Å². The van der Waals surface area contributed by atoms with Gasteiger partial charge in [0.05, 0.1) is 12.0 Å². The Balaban J connectivity index is 1.90. The van der Waals surface area contributed by atoms with Crippen molar-refractivity contribution in [1.82, 2.24) is 0 Å². The SMILES string of the molecule is O=C1C2CCCCCCCCCCC1(CO)C2. The Bertz CT molecular complexity index is 258. The third kappa shape index (κ3) is 2.90. The molecule has 0 aromatic rings. The molecule has 0 heterocycles. The van der Waals surface area contributed by atoms with E-state index in [0.717, 1.165) is 25.7 Å². The first-order valence-corrected chi connectivity index (χ1v) is 7.44. The normalized spacial score (nSPS) is 36.3. The molecule has 98 valence electrons. The molecule has 3 aliphatic carbocycles. The van der Waals surface area contributed by atoms with Gasteiger partial charge in [-0.2, -0.15) is 0 Å². The van der Waals surface area contributed by atoms with Crippen LogP contribution in [0.2, 0.25) is 0 Å². The van der Waals surface area contributed by atoms with E-state index in [1.165, 1.54) is 44.9 Å². The Labute approximate surface area is 105 Å². The van der Waals surface area contributed by atoms with Crippen LogP contribution in [0.1, 0.15) is 70.6 Å². The molecule has 1 N–H and O–H groups in total. The molecule has 0 saturated heterocycles. The van der Waals surface area contributed by atoms with Crippen LogP contribution in [0.15, 0.2) is 0 Å². The van der Waals surface area contributed by atoms with Gasteiger partial charge in [-0.15, -0.1) is 0 Å².